The topological polar surface area (TPSA) is 82.5 Å². The van der Waals surface area contributed by atoms with Crippen LogP contribution in [0.15, 0.2) is 54.9 Å². The Morgan fingerprint density at radius 2 is 1.97 bits per heavy atom. The number of ether oxygens (including phenoxy) is 2. The van der Waals surface area contributed by atoms with Gasteiger partial charge in [-0.15, -0.1) is 0 Å². The van der Waals surface area contributed by atoms with Gasteiger partial charge in [-0.05, 0) is 30.3 Å². The molecule has 1 N–H and O–H groups in total. The molecule has 3 aromatic rings. The van der Waals surface area contributed by atoms with Gasteiger partial charge in [-0.25, -0.2) is 17.2 Å². The number of aromatic nitrogens is 2. The highest BCUT2D eigenvalue weighted by atomic mass is 32.2. The third-order valence-corrected chi connectivity index (χ3v) is 5.46. The van der Waals surface area contributed by atoms with Gasteiger partial charge in [-0.1, -0.05) is 12.1 Å². The summed E-state index contributed by atoms with van der Waals surface area (Å²) < 4.78 is 66.9. The van der Waals surface area contributed by atoms with Gasteiger partial charge in [0, 0.05) is 11.8 Å². The third-order valence-electron chi connectivity index (χ3n) is 4.22. The standard InChI is InChI=1S/C19H17F2N3O4S/c20-14-5-6-17(21)13(7-14)12-29(25,26)23-15-8-22-24(9-15)10-16-11-27-18-3-1-2-4-19(18)28-16/h1-9,16,23H,10-12H2/t16-/m0/s1. The quantitative estimate of drug-likeness (QED) is 0.662. The molecule has 2 heterocycles. The van der Waals surface area contributed by atoms with E-state index in [0.29, 0.717) is 24.7 Å². The summed E-state index contributed by atoms with van der Waals surface area (Å²) in [5, 5.41) is 4.11. The Labute approximate surface area is 165 Å². The largest absolute Gasteiger partial charge is 0.486 e. The molecule has 1 aliphatic heterocycles. The fourth-order valence-corrected chi connectivity index (χ4v) is 4.12. The van der Waals surface area contributed by atoms with E-state index in [0.717, 1.165) is 18.2 Å². The smallest absolute Gasteiger partial charge is 0.237 e. The molecule has 7 nitrogen and oxygen atoms in total. The molecule has 1 aliphatic rings. The van der Waals surface area contributed by atoms with Gasteiger partial charge in [-0.2, -0.15) is 5.10 Å². The SMILES string of the molecule is O=S(=O)(Cc1cc(F)ccc1F)Nc1cnn(C[C@H]2COc3ccccc3O2)c1. The van der Waals surface area contributed by atoms with Crippen molar-refractivity contribution in [1.29, 1.82) is 0 Å². The van der Waals surface area contributed by atoms with Crippen LogP contribution in [-0.2, 0) is 22.3 Å². The molecule has 152 valence electrons. The molecule has 0 aliphatic carbocycles. The van der Waals surface area contributed by atoms with E-state index in [1.165, 1.54) is 17.1 Å². The molecule has 1 atom stereocenters. The number of anilines is 1. The van der Waals surface area contributed by atoms with Crippen LogP contribution < -0.4 is 14.2 Å². The summed E-state index contributed by atoms with van der Waals surface area (Å²) in [7, 11) is -3.95. The van der Waals surface area contributed by atoms with Crippen LogP contribution >= 0.6 is 0 Å². The van der Waals surface area contributed by atoms with Gasteiger partial charge in [-0.3, -0.25) is 9.40 Å². The highest BCUT2D eigenvalue weighted by Crippen LogP contribution is 2.31. The molecule has 0 saturated heterocycles. The van der Waals surface area contributed by atoms with Crippen LogP contribution in [0.3, 0.4) is 0 Å². The van der Waals surface area contributed by atoms with E-state index in [4.69, 9.17) is 9.47 Å². The van der Waals surface area contributed by atoms with Gasteiger partial charge in [0.2, 0.25) is 10.0 Å². The van der Waals surface area contributed by atoms with Crippen molar-refractivity contribution < 1.29 is 26.7 Å². The summed E-state index contributed by atoms with van der Waals surface area (Å²) in [5.74, 6) is -0.892. The Bertz CT molecular complexity index is 1130. The Kier molecular flexibility index (Phi) is 5.10. The molecule has 0 fully saturated rings. The van der Waals surface area contributed by atoms with Crippen molar-refractivity contribution in [1.82, 2.24) is 9.78 Å². The Hall–Kier alpha value is -3.14. The number of nitrogens with zero attached hydrogens (tertiary/aromatic N) is 2. The summed E-state index contributed by atoms with van der Waals surface area (Å²) in [4.78, 5) is 0. The van der Waals surface area contributed by atoms with Crippen molar-refractivity contribution in [3.05, 3.63) is 72.1 Å². The molecular weight excluding hydrogens is 404 g/mol. The summed E-state index contributed by atoms with van der Waals surface area (Å²) in [5.41, 5.74) is -0.0461. The molecule has 0 spiro atoms. The van der Waals surface area contributed by atoms with E-state index >= 15 is 0 Å². The minimum absolute atomic E-state index is 0.207. The number of rotatable bonds is 6. The van der Waals surface area contributed by atoms with Crippen molar-refractivity contribution in [2.45, 2.75) is 18.4 Å². The first-order chi connectivity index (χ1) is 13.9. The highest BCUT2D eigenvalue weighted by Gasteiger charge is 2.22. The lowest BCUT2D eigenvalue weighted by molar-refractivity contribution is 0.0759. The van der Waals surface area contributed by atoms with Crippen molar-refractivity contribution in [2.24, 2.45) is 0 Å². The van der Waals surface area contributed by atoms with Crippen molar-refractivity contribution >= 4 is 15.7 Å². The van der Waals surface area contributed by atoms with E-state index in [2.05, 4.69) is 9.82 Å². The molecule has 0 bridgehead atoms. The average molecular weight is 421 g/mol. The Morgan fingerprint density at radius 3 is 2.79 bits per heavy atom. The predicted octanol–water partition coefficient (Wildman–Crippen LogP) is 2.94. The summed E-state index contributed by atoms with van der Waals surface area (Å²) >= 11 is 0. The van der Waals surface area contributed by atoms with Crippen LogP contribution in [0.1, 0.15) is 5.56 Å². The maximum absolute atomic E-state index is 13.7. The van der Waals surface area contributed by atoms with E-state index in [1.807, 2.05) is 18.2 Å². The van der Waals surface area contributed by atoms with Gasteiger partial charge >= 0.3 is 0 Å². The number of benzene rings is 2. The number of hydrogen-bond donors (Lipinski definition) is 1. The van der Waals surface area contributed by atoms with Crippen LogP contribution in [0.5, 0.6) is 11.5 Å². The first kappa shape index (κ1) is 19.2. The molecule has 0 unspecified atom stereocenters. The number of nitrogens with one attached hydrogen (secondary N) is 1. The summed E-state index contributed by atoms with van der Waals surface area (Å²) in [6, 6.07) is 9.98. The monoisotopic (exact) mass is 421 g/mol. The van der Waals surface area contributed by atoms with Gasteiger partial charge in [0.1, 0.15) is 18.2 Å². The second kappa shape index (κ2) is 7.70. The van der Waals surface area contributed by atoms with Crippen molar-refractivity contribution in [2.75, 3.05) is 11.3 Å². The maximum Gasteiger partial charge on any atom is 0.237 e. The van der Waals surface area contributed by atoms with Gasteiger partial charge < -0.3 is 9.47 Å². The Morgan fingerprint density at radius 1 is 1.17 bits per heavy atom. The first-order valence-corrected chi connectivity index (χ1v) is 10.4. The Balaban J connectivity index is 1.39. The molecule has 4 rings (SSSR count). The fourth-order valence-electron chi connectivity index (χ4n) is 2.95. The number of halogens is 2. The number of para-hydroxylation sites is 2. The average Bonchev–Trinajstić information content (AvgIpc) is 3.10. The minimum atomic E-state index is -3.95. The number of hydrogen-bond acceptors (Lipinski definition) is 5. The molecule has 10 heteroatoms. The summed E-state index contributed by atoms with van der Waals surface area (Å²) in [6.07, 6.45) is 2.52. The van der Waals surface area contributed by atoms with E-state index in [9.17, 15) is 17.2 Å². The lowest BCUT2D eigenvalue weighted by Crippen LogP contribution is -2.33. The van der Waals surface area contributed by atoms with E-state index < -0.39 is 27.4 Å². The van der Waals surface area contributed by atoms with Crippen LogP contribution in [0.2, 0.25) is 0 Å². The zero-order valence-electron chi connectivity index (χ0n) is 15.1. The second-order valence-electron chi connectivity index (χ2n) is 6.55. The lowest BCUT2D eigenvalue weighted by Gasteiger charge is -2.26. The lowest BCUT2D eigenvalue weighted by atomic mass is 10.2. The van der Waals surface area contributed by atoms with Crippen LogP contribution in [0, 0.1) is 11.6 Å². The van der Waals surface area contributed by atoms with Gasteiger partial charge in [0.05, 0.1) is 24.2 Å². The van der Waals surface area contributed by atoms with Crippen molar-refractivity contribution in [3.63, 3.8) is 0 Å². The fraction of sp³-hybridized carbons (Fsp3) is 0.211. The molecule has 0 radical (unpaired) electrons. The van der Waals surface area contributed by atoms with Crippen LogP contribution in [0.4, 0.5) is 14.5 Å². The normalized spacial score (nSPS) is 15.9. The predicted molar refractivity (Wildman–Crippen MR) is 101 cm³/mol. The molecule has 29 heavy (non-hydrogen) atoms. The second-order valence-corrected chi connectivity index (χ2v) is 8.27. The van der Waals surface area contributed by atoms with Crippen LogP contribution in [0.25, 0.3) is 0 Å². The van der Waals surface area contributed by atoms with Gasteiger partial charge in [0.15, 0.2) is 17.6 Å². The molecule has 0 saturated carbocycles. The number of fused-ring (bicyclic) bond motifs is 1. The molecule has 0 amide bonds. The zero-order chi connectivity index (χ0) is 20.4. The third kappa shape index (κ3) is 4.65. The minimum Gasteiger partial charge on any atom is -0.486 e. The molecular formula is C19H17F2N3O4S. The number of sulfonamides is 1. The van der Waals surface area contributed by atoms with Crippen molar-refractivity contribution in [3.8, 4) is 11.5 Å². The molecule has 2 aromatic carbocycles. The molecule has 1 aromatic heterocycles. The van der Waals surface area contributed by atoms with E-state index in [-0.39, 0.29) is 17.4 Å². The first-order valence-electron chi connectivity index (χ1n) is 8.73. The van der Waals surface area contributed by atoms with Crippen LogP contribution in [-0.4, -0.2) is 30.9 Å². The zero-order valence-corrected chi connectivity index (χ0v) is 15.9. The van der Waals surface area contributed by atoms with Gasteiger partial charge in [0.25, 0.3) is 0 Å². The van der Waals surface area contributed by atoms with E-state index in [1.54, 1.807) is 6.07 Å². The maximum atomic E-state index is 13.7. The summed E-state index contributed by atoms with van der Waals surface area (Å²) in [6.45, 7) is 0.672. The highest BCUT2D eigenvalue weighted by molar-refractivity contribution is 7.91.